The fraction of sp³-hybridized carbons (Fsp3) is 0.533. The molecule has 5 heteroatoms. The number of ether oxygens (including phenoxy) is 3. The Morgan fingerprint density at radius 2 is 2.35 bits per heavy atom. The highest BCUT2D eigenvalue weighted by atomic mass is 16.5. The van der Waals surface area contributed by atoms with Crippen LogP contribution in [0.25, 0.3) is 0 Å². The summed E-state index contributed by atoms with van der Waals surface area (Å²) in [5.41, 5.74) is 0.572. The van der Waals surface area contributed by atoms with Gasteiger partial charge in [0.15, 0.2) is 11.5 Å². The summed E-state index contributed by atoms with van der Waals surface area (Å²) in [7, 11) is 1.59. The first-order valence-corrected chi connectivity index (χ1v) is 6.85. The third-order valence-electron chi connectivity index (χ3n) is 3.25. The van der Waals surface area contributed by atoms with E-state index < -0.39 is 0 Å². The van der Waals surface area contributed by atoms with E-state index in [2.05, 4.69) is 11.4 Å². The first-order valence-electron chi connectivity index (χ1n) is 6.85. The predicted octanol–water partition coefficient (Wildman–Crippen LogP) is 1.71. The second kappa shape index (κ2) is 7.73. The Balaban J connectivity index is 1.79. The monoisotopic (exact) mass is 276 g/mol. The van der Waals surface area contributed by atoms with E-state index in [1.54, 1.807) is 25.3 Å². The van der Waals surface area contributed by atoms with Gasteiger partial charge in [-0.25, -0.2) is 0 Å². The Bertz CT molecular complexity index is 465. The van der Waals surface area contributed by atoms with Crippen molar-refractivity contribution in [1.82, 2.24) is 5.32 Å². The molecular formula is C15H20N2O3. The minimum absolute atomic E-state index is 0.416. The molecular weight excluding hydrogens is 256 g/mol. The van der Waals surface area contributed by atoms with Crippen molar-refractivity contribution in [2.45, 2.75) is 18.9 Å². The largest absolute Gasteiger partial charge is 0.493 e. The first kappa shape index (κ1) is 14.6. The van der Waals surface area contributed by atoms with Crippen molar-refractivity contribution in [2.24, 2.45) is 0 Å². The van der Waals surface area contributed by atoms with E-state index in [0.29, 0.717) is 29.7 Å². The fourth-order valence-electron chi connectivity index (χ4n) is 2.18. The molecule has 0 aromatic heterocycles. The highest BCUT2D eigenvalue weighted by molar-refractivity contribution is 5.46. The molecule has 1 N–H and O–H groups in total. The van der Waals surface area contributed by atoms with Gasteiger partial charge in [0.05, 0.1) is 38.6 Å². The van der Waals surface area contributed by atoms with Crippen LogP contribution in [0.5, 0.6) is 11.5 Å². The minimum atomic E-state index is 0.416. The highest BCUT2D eigenvalue weighted by Gasteiger charge is 2.12. The first-order chi connectivity index (χ1) is 9.83. The second-order valence-electron chi connectivity index (χ2n) is 4.69. The summed E-state index contributed by atoms with van der Waals surface area (Å²) in [6, 6.07) is 7.70. The van der Waals surface area contributed by atoms with Crippen LogP contribution in [0, 0.1) is 11.3 Å². The van der Waals surface area contributed by atoms with Crippen LogP contribution in [0.15, 0.2) is 18.2 Å². The predicted molar refractivity (Wildman–Crippen MR) is 75.0 cm³/mol. The minimum Gasteiger partial charge on any atom is -0.493 e. The van der Waals surface area contributed by atoms with Gasteiger partial charge >= 0.3 is 0 Å². The molecule has 108 valence electrons. The maximum absolute atomic E-state index is 8.90. The van der Waals surface area contributed by atoms with Gasteiger partial charge in [0.25, 0.3) is 0 Å². The Labute approximate surface area is 119 Å². The van der Waals surface area contributed by atoms with Crippen LogP contribution in [0.2, 0.25) is 0 Å². The topological polar surface area (TPSA) is 63.5 Å². The standard InChI is InChI=1S/C15H20N2O3/c1-18-14-5-4-12(10-16)9-15(14)20-7-2-3-13-11-19-8-6-17-13/h4-5,9,13,17H,2-3,6-8,11H2,1H3. The molecule has 0 aliphatic carbocycles. The number of hydrogen-bond acceptors (Lipinski definition) is 5. The summed E-state index contributed by atoms with van der Waals surface area (Å²) in [5, 5.41) is 12.3. The Hall–Kier alpha value is -1.77. The molecule has 0 bridgehead atoms. The average molecular weight is 276 g/mol. The van der Waals surface area contributed by atoms with Crippen molar-refractivity contribution in [2.75, 3.05) is 33.5 Å². The van der Waals surface area contributed by atoms with Gasteiger partial charge in [-0.1, -0.05) is 0 Å². The number of benzene rings is 1. The van der Waals surface area contributed by atoms with Gasteiger partial charge < -0.3 is 19.5 Å². The summed E-state index contributed by atoms with van der Waals surface area (Å²) in [6.45, 7) is 3.09. The molecule has 1 heterocycles. The van der Waals surface area contributed by atoms with Crippen LogP contribution in [0.3, 0.4) is 0 Å². The lowest BCUT2D eigenvalue weighted by Crippen LogP contribution is -2.41. The summed E-state index contributed by atoms with van der Waals surface area (Å²) in [6.07, 6.45) is 1.95. The van der Waals surface area contributed by atoms with Crippen molar-refractivity contribution >= 4 is 0 Å². The van der Waals surface area contributed by atoms with Crippen LogP contribution in [0.4, 0.5) is 0 Å². The Morgan fingerprint density at radius 3 is 3.05 bits per heavy atom. The molecule has 1 atom stereocenters. The maximum Gasteiger partial charge on any atom is 0.162 e. The van der Waals surface area contributed by atoms with Gasteiger partial charge in [-0.05, 0) is 25.0 Å². The van der Waals surface area contributed by atoms with Gasteiger partial charge in [0, 0.05) is 18.7 Å². The van der Waals surface area contributed by atoms with E-state index in [0.717, 1.165) is 32.6 Å². The molecule has 1 saturated heterocycles. The van der Waals surface area contributed by atoms with Gasteiger partial charge in [-0.15, -0.1) is 0 Å². The quantitative estimate of drug-likeness (QED) is 0.801. The summed E-state index contributed by atoms with van der Waals surface area (Å²) < 4.78 is 16.3. The summed E-state index contributed by atoms with van der Waals surface area (Å²) in [5.74, 6) is 1.28. The molecule has 1 aliphatic rings. The number of nitrogens with one attached hydrogen (secondary N) is 1. The maximum atomic E-state index is 8.90. The zero-order valence-corrected chi connectivity index (χ0v) is 11.7. The van der Waals surface area contributed by atoms with E-state index in [1.165, 1.54) is 0 Å². The second-order valence-corrected chi connectivity index (χ2v) is 4.69. The van der Waals surface area contributed by atoms with Crippen LogP contribution in [-0.4, -0.2) is 39.5 Å². The molecule has 2 rings (SSSR count). The van der Waals surface area contributed by atoms with Gasteiger partial charge in [0.1, 0.15) is 0 Å². The van der Waals surface area contributed by atoms with Crippen molar-refractivity contribution in [3.8, 4) is 17.6 Å². The van der Waals surface area contributed by atoms with Crippen LogP contribution in [-0.2, 0) is 4.74 Å². The lowest BCUT2D eigenvalue weighted by atomic mass is 10.1. The third-order valence-corrected chi connectivity index (χ3v) is 3.25. The van der Waals surface area contributed by atoms with E-state index in [9.17, 15) is 0 Å². The number of rotatable bonds is 6. The van der Waals surface area contributed by atoms with E-state index >= 15 is 0 Å². The Morgan fingerprint density at radius 1 is 1.45 bits per heavy atom. The van der Waals surface area contributed by atoms with Crippen molar-refractivity contribution < 1.29 is 14.2 Å². The molecule has 0 spiro atoms. The van der Waals surface area contributed by atoms with Crippen molar-refractivity contribution in [3.05, 3.63) is 23.8 Å². The molecule has 20 heavy (non-hydrogen) atoms. The van der Waals surface area contributed by atoms with Crippen LogP contribution in [0.1, 0.15) is 18.4 Å². The summed E-state index contributed by atoms with van der Waals surface area (Å²) >= 11 is 0. The highest BCUT2D eigenvalue weighted by Crippen LogP contribution is 2.28. The molecule has 1 aliphatic heterocycles. The Kier molecular flexibility index (Phi) is 5.66. The van der Waals surface area contributed by atoms with Gasteiger partial charge in [0.2, 0.25) is 0 Å². The number of methoxy groups -OCH3 is 1. The summed E-state index contributed by atoms with van der Waals surface area (Å²) in [4.78, 5) is 0. The van der Waals surface area contributed by atoms with Gasteiger partial charge in [-0.3, -0.25) is 0 Å². The van der Waals surface area contributed by atoms with Crippen molar-refractivity contribution in [1.29, 1.82) is 5.26 Å². The van der Waals surface area contributed by atoms with E-state index in [-0.39, 0.29) is 0 Å². The number of hydrogen-bond donors (Lipinski definition) is 1. The molecule has 5 nitrogen and oxygen atoms in total. The number of nitrogens with zero attached hydrogens (tertiary/aromatic N) is 1. The molecule has 0 radical (unpaired) electrons. The zero-order valence-electron chi connectivity index (χ0n) is 11.7. The normalized spacial score (nSPS) is 18.3. The smallest absolute Gasteiger partial charge is 0.162 e. The molecule has 0 saturated carbocycles. The fourth-order valence-corrected chi connectivity index (χ4v) is 2.18. The molecule has 1 aromatic carbocycles. The molecule has 1 fully saturated rings. The zero-order chi connectivity index (χ0) is 14.2. The van der Waals surface area contributed by atoms with E-state index in [1.807, 2.05) is 0 Å². The number of nitriles is 1. The molecule has 0 amide bonds. The SMILES string of the molecule is COc1ccc(C#N)cc1OCCCC1COCCN1. The average Bonchev–Trinajstić information content (AvgIpc) is 2.52. The molecule has 1 unspecified atom stereocenters. The lowest BCUT2D eigenvalue weighted by Gasteiger charge is -2.23. The third kappa shape index (κ3) is 4.12. The molecule has 1 aromatic rings. The van der Waals surface area contributed by atoms with E-state index in [4.69, 9.17) is 19.5 Å². The van der Waals surface area contributed by atoms with Crippen LogP contribution >= 0.6 is 0 Å². The lowest BCUT2D eigenvalue weighted by molar-refractivity contribution is 0.0721. The van der Waals surface area contributed by atoms with Gasteiger partial charge in [-0.2, -0.15) is 5.26 Å². The van der Waals surface area contributed by atoms with Crippen LogP contribution < -0.4 is 14.8 Å². The number of morpholine rings is 1. The van der Waals surface area contributed by atoms with Crippen molar-refractivity contribution in [3.63, 3.8) is 0 Å².